The van der Waals surface area contributed by atoms with Crippen molar-refractivity contribution in [2.24, 2.45) is 13.5 Å². The van der Waals surface area contributed by atoms with E-state index in [1.54, 1.807) is 0 Å². The minimum atomic E-state index is -5.50. The summed E-state index contributed by atoms with van der Waals surface area (Å²) in [6.07, 6.45) is -42.8. The maximum absolute atomic E-state index is 12.9. The molecule has 0 bridgehead atoms. The number of rotatable bonds is 18. The lowest BCUT2D eigenvalue weighted by atomic mass is 10.5. The van der Waals surface area contributed by atoms with Crippen LogP contribution in [-0.2, 0) is 27.1 Å². The maximum Gasteiger partial charge on any atom is 0.391 e. The van der Waals surface area contributed by atoms with Gasteiger partial charge in [-0.1, -0.05) is 0 Å². The highest BCUT2D eigenvalue weighted by Crippen LogP contribution is 2.80. The Labute approximate surface area is 258 Å². The predicted octanol–water partition coefficient (Wildman–Crippen LogP) is 11.7. The summed E-state index contributed by atoms with van der Waals surface area (Å²) in [5, 5.41) is 0. The minimum absolute atomic E-state index is 1.70. The topological polar surface area (TPSA) is 92.5 Å². The molecule has 0 aromatic heterocycles. The van der Waals surface area contributed by atoms with Crippen LogP contribution in [0.5, 0.6) is 0 Å². The third kappa shape index (κ3) is 20.8. The molecule has 1 heterocycles. The van der Waals surface area contributed by atoms with Crippen molar-refractivity contribution >= 4 is 23.0 Å². The van der Waals surface area contributed by atoms with Crippen molar-refractivity contribution < 1.29 is 106 Å². The molecule has 0 unspecified atom stereocenters. The molecule has 0 atom stereocenters. The van der Waals surface area contributed by atoms with Crippen LogP contribution in [0.15, 0.2) is 13.5 Å². The fourth-order valence-corrected chi connectivity index (χ4v) is 12.1. The van der Waals surface area contributed by atoms with Crippen molar-refractivity contribution in [2.45, 2.75) is 75.6 Å². The molecule has 0 fully saturated rings. The number of hydrogen-bond donors (Lipinski definition) is 0. The van der Waals surface area contributed by atoms with Crippen molar-refractivity contribution in [1.82, 2.24) is 0 Å². The van der Waals surface area contributed by atoms with Crippen LogP contribution in [0.4, 0.5) is 79.0 Å². The summed E-state index contributed by atoms with van der Waals surface area (Å²) in [7, 11) is -16.5. The van der Waals surface area contributed by atoms with Gasteiger partial charge in [0, 0.05) is 0 Å². The Morgan fingerprint density at radius 1 is 0.271 bits per heavy atom. The molecule has 288 valence electrons. The molecule has 1 aliphatic heterocycles. The maximum atomic E-state index is 12.9. The molecular weight excluding hydrogens is 789 g/mol. The molecule has 0 saturated heterocycles. The molecule has 9 nitrogen and oxygen atoms in total. The second kappa shape index (κ2) is 17.1. The Hall–Kier alpha value is -0.810. The SMILES string of the molecule is FC(F)(F)CCOP1(OCCC(F)(F)F)=NP(OCCC(F)(F)F)(OCCC(F)(F)F)=NP(OCCC(F)(F)F)(OCCC(F)(F)F)=N1. The highest BCUT2D eigenvalue weighted by molar-refractivity contribution is 7.78. The standard InChI is InChI=1S/C18H24F18N3O6P3/c19-13(20,21)1-7-40-46(41-8-2-14(22,23)24)37-47(42-9-3-15(25,26)27,43-10-4-16(28,29)30)39-48(38-46,44-11-5-17(31,32)33)45-12-6-18(34,35)36/h1-12H2. The van der Waals surface area contributed by atoms with Gasteiger partial charge in [0.1, 0.15) is 0 Å². The van der Waals surface area contributed by atoms with Crippen molar-refractivity contribution in [2.75, 3.05) is 39.6 Å². The molecular formula is C18H24F18N3O6P3. The zero-order valence-electron chi connectivity index (χ0n) is 23.4. The second-order valence-corrected chi connectivity index (χ2v) is 15.6. The van der Waals surface area contributed by atoms with Gasteiger partial charge in [-0.05, 0) is 0 Å². The number of alkyl halides is 18. The van der Waals surface area contributed by atoms with E-state index in [1.807, 2.05) is 0 Å². The van der Waals surface area contributed by atoms with Gasteiger partial charge < -0.3 is 27.1 Å². The molecule has 0 spiro atoms. The second-order valence-electron chi connectivity index (χ2n) is 8.93. The van der Waals surface area contributed by atoms with Crippen LogP contribution in [-0.4, -0.2) is 76.7 Å². The van der Waals surface area contributed by atoms with Gasteiger partial charge in [0.05, 0.1) is 78.2 Å². The van der Waals surface area contributed by atoms with Crippen molar-refractivity contribution in [3.8, 4) is 0 Å². The van der Waals surface area contributed by atoms with Gasteiger partial charge in [-0.15, -0.1) is 13.5 Å². The number of nitrogens with zero attached hydrogens (tertiary/aromatic N) is 3. The Morgan fingerprint density at radius 2 is 0.396 bits per heavy atom. The summed E-state index contributed by atoms with van der Waals surface area (Å²) in [6.45, 7) is -10.2. The van der Waals surface area contributed by atoms with Crippen LogP contribution >= 0.6 is 23.0 Å². The molecule has 0 aromatic rings. The van der Waals surface area contributed by atoms with E-state index in [-0.39, 0.29) is 0 Å². The van der Waals surface area contributed by atoms with Gasteiger partial charge in [0.25, 0.3) is 0 Å². The fourth-order valence-electron chi connectivity index (χ4n) is 2.59. The Morgan fingerprint density at radius 3 is 0.500 bits per heavy atom. The first-order valence-electron chi connectivity index (χ1n) is 12.6. The van der Waals surface area contributed by atoms with E-state index < -0.39 is 138 Å². The van der Waals surface area contributed by atoms with Crippen LogP contribution in [0.3, 0.4) is 0 Å². The van der Waals surface area contributed by atoms with Crippen LogP contribution < -0.4 is 0 Å². The van der Waals surface area contributed by atoms with E-state index in [9.17, 15) is 79.0 Å². The lowest BCUT2D eigenvalue weighted by Gasteiger charge is -2.33. The van der Waals surface area contributed by atoms with Gasteiger partial charge in [-0.25, -0.2) is 0 Å². The van der Waals surface area contributed by atoms with Crippen LogP contribution in [0.25, 0.3) is 0 Å². The highest BCUT2D eigenvalue weighted by atomic mass is 31.3. The predicted molar refractivity (Wildman–Crippen MR) is 128 cm³/mol. The average molecular weight is 813 g/mol. The van der Waals surface area contributed by atoms with E-state index in [0.29, 0.717) is 0 Å². The molecule has 0 saturated carbocycles. The van der Waals surface area contributed by atoms with E-state index in [0.717, 1.165) is 0 Å². The molecule has 0 amide bonds. The number of halogens is 18. The van der Waals surface area contributed by atoms with E-state index in [2.05, 4.69) is 13.5 Å². The summed E-state index contributed by atoms with van der Waals surface area (Å²) < 4.78 is 271. The molecule has 0 N–H and O–H groups in total. The molecule has 1 aliphatic rings. The number of hydrogen-bond acceptors (Lipinski definition) is 9. The minimum Gasteiger partial charge on any atom is -0.306 e. The summed E-state index contributed by atoms with van der Waals surface area (Å²) in [6, 6.07) is 0. The van der Waals surface area contributed by atoms with Gasteiger partial charge >= 0.3 is 60.0 Å². The Bertz CT molecular complexity index is 949. The Kier molecular flexibility index (Phi) is 16.1. The zero-order valence-corrected chi connectivity index (χ0v) is 26.1. The van der Waals surface area contributed by atoms with Crippen molar-refractivity contribution in [3.05, 3.63) is 0 Å². The van der Waals surface area contributed by atoms with Crippen molar-refractivity contribution in [1.29, 1.82) is 0 Å². The first-order chi connectivity index (χ1) is 21.4. The van der Waals surface area contributed by atoms with E-state index >= 15 is 0 Å². The summed E-state index contributed by atoms with van der Waals surface area (Å²) in [5.74, 6) is 0. The average Bonchev–Trinajstić information content (AvgIpc) is 2.78. The largest absolute Gasteiger partial charge is 0.391 e. The lowest BCUT2D eigenvalue weighted by molar-refractivity contribution is -0.142. The van der Waals surface area contributed by atoms with Gasteiger partial charge in [0.2, 0.25) is 0 Å². The summed E-state index contributed by atoms with van der Waals surface area (Å²) >= 11 is 0. The molecule has 30 heteroatoms. The molecule has 0 aliphatic carbocycles. The van der Waals surface area contributed by atoms with Gasteiger partial charge in [-0.3, -0.25) is 0 Å². The van der Waals surface area contributed by atoms with Crippen LogP contribution in [0.1, 0.15) is 38.5 Å². The van der Waals surface area contributed by atoms with E-state index in [4.69, 9.17) is 27.1 Å². The van der Waals surface area contributed by atoms with E-state index in [1.165, 1.54) is 0 Å². The first-order valence-corrected chi connectivity index (χ1v) is 17.1. The van der Waals surface area contributed by atoms with Gasteiger partial charge in [0.15, 0.2) is 0 Å². The van der Waals surface area contributed by atoms with Crippen LogP contribution in [0, 0.1) is 0 Å². The monoisotopic (exact) mass is 813 g/mol. The first kappa shape index (κ1) is 45.2. The van der Waals surface area contributed by atoms with Gasteiger partial charge in [-0.2, -0.15) is 79.0 Å². The van der Waals surface area contributed by atoms with Crippen molar-refractivity contribution in [3.63, 3.8) is 0 Å². The zero-order chi connectivity index (χ0) is 37.3. The lowest BCUT2D eigenvalue weighted by Crippen LogP contribution is -2.16. The molecule has 0 aromatic carbocycles. The fraction of sp³-hybridized carbons (Fsp3) is 1.00. The third-order valence-electron chi connectivity index (χ3n) is 4.55. The smallest absolute Gasteiger partial charge is 0.306 e. The quantitative estimate of drug-likeness (QED) is 0.101. The molecule has 0 radical (unpaired) electrons. The third-order valence-corrected chi connectivity index (χ3v) is 13.1. The van der Waals surface area contributed by atoms with Crippen LogP contribution in [0.2, 0.25) is 0 Å². The summed E-state index contributed by atoms with van der Waals surface area (Å²) in [4.78, 5) is 0. The Balaban J connectivity index is 4.07. The molecule has 1 rings (SSSR count). The highest BCUT2D eigenvalue weighted by Gasteiger charge is 2.46. The normalized spacial score (nSPS) is 18.6. The summed E-state index contributed by atoms with van der Waals surface area (Å²) in [5.41, 5.74) is 0. The molecule has 48 heavy (non-hydrogen) atoms.